The van der Waals surface area contributed by atoms with Gasteiger partial charge in [-0.2, -0.15) is 0 Å². The maximum absolute atomic E-state index is 12.8. The minimum absolute atomic E-state index is 0.134. The van der Waals surface area contributed by atoms with E-state index in [1.807, 2.05) is 13.0 Å². The fraction of sp³-hybridized carbons (Fsp3) is 0.111. The van der Waals surface area contributed by atoms with Crippen LogP contribution >= 0.6 is 0 Å². The maximum Gasteiger partial charge on any atom is 0.262 e. The Morgan fingerprint density at radius 2 is 2.00 bits per heavy atom. The molecule has 1 aromatic heterocycles. The van der Waals surface area contributed by atoms with Crippen LogP contribution < -0.4 is 9.46 Å². The van der Waals surface area contributed by atoms with Crippen LogP contribution in [0.2, 0.25) is 0 Å². The summed E-state index contributed by atoms with van der Waals surface area (Å²) in [5.41, 5.74) is 2.54. The summed E-state index contributed by atoms with van der Waals surface area (Å²) >= 11 is 0. The van der Waals surface area contributed by atoms with Gasteiger partial charge in [-0.15, -0.1) is 0 Å². The molecule has 0 atom stereocenters. The second-order valence-electron chi connectivity index (χ2n) is 5.36. The zero-order valence-electron chi connectivity index (χ0n) is 13.4. The first kappa shape index (κ1) is 16.1. The monoisotopic (exact) mass is 343 g/mol. The van der Waals surface area contributed by atoms with Crippen LogP contribution in [-0.4, -0.2) is 15.5 Å². The predicted octanol–water partition coefficient (Wildman–Crippen LogP) is 4.19. The van der Waals surface area contributed by atoms with Gasteiger partial charge in [0, 0.05) is 10.9 Å². The Morgan fingerprint density at radius 3 is 2.71 bits per heavy atom. The molecule has 6 heteroatoms. The van der Waals surface area contributed by atoms with Crippen molar-refractivity contribution in [1.29, 1.82) is 0 Å². The Balaban J connectivity index is 2.08. The molecule has 0 spiro atoms. The summed E-state index contributed by atoms with van der Waals surface area (Å²) in [5.74, 6) is 0.456. The lowest BCUT2D eigenvalue weighted by Gasteiger charge is -2.13. The van der Waals surface area contributed by atoms with Crippen LogP contribution in [0.15, 0.2) is 58.6 Å². The number of sulfonamides is 1. The highest BCUT2D eigenvalue weighted by atomic mass is 32.2. The van der Waals surface area contributed by atoms with Crippen molar-refractivity contribution in [2.24, 2.45) is 0 Å². The van der Waals surface area contributed by atoms with E-state index in [0.717, 1.165) is 5.56 Å². The Morgan fingerprint density at radius 1 is 1.21 bits per heavy atom. The SMILES string of the molecule is C=Cc1cc(S(=O)(=O)Nc2cc(C)ccc2OC)cc2ccoc12. The fourth-order valence-corrected chi connectivity index (χ4v) is 3.62. The molecule has 0 radical (unpaired) electrons. The van der Waals surface area contributed by atoms with Gasteiger partial charge in [0.05, 0.1) is 24.0 Å². The average Bonchev–Trinajstić information content (AvgIpc) is 3.02. The third kappa shape index (κ3) is 2.88. The second-order valence-corrected chi connectivity index (χ2v) is 7.05. The van der Waals surface area contributed by atoms with Gasteiger partial charge in [0.15, 0.2) is 0 Å². The van der Waals surface area contributed by atoms with Crippen LogP contribution in [0.25, 0.3) is 17.0 Å². The molecule has 3 rings (SSSR count). The third-order valence-corrected chi connectivity index (χ3v) is 5.03. The first-order chi connectivity index (χ1) is 11.4. The summed E-state index contributed by atoms with van der Waals surface area (Å²) in [7, 11) is -2.29. The van der Waals surface area contributed by atoms with Crippen LogP contribution in [0.4, 0.5) is 5.69 Å². The van der Waals surface area contributed by atoms with Gasteiger partial charge in [0.2, 0.25) is 0 Å². The van der Waals surface area contributed by atoms with Crippen LogP contribution in [-0.2, 0) is 10.0 Å². The van der Waals surface area contributed by atoms with Crippen molar-refractivity contribution in [1.82, 2.24) is 0 Å². The molecule has 0 aliphatic heterocycles. The van der Waals surface area contributed by atoms with Crippen molar-refractivity contribution in [3.63, 3.8) is 0 Å². The van der Waals surface area contributed by atoms with Gasteiger partial charge in [-0.3, -0.25) is 4.72 Å². The number of rotatable bonds is 5. The zero-order chi connectivity index (χ0) is 17.3. The number of benzene rings is 2. The molecule has 3 aromatic rings. The van der Waals surface area contributed by atoms with E-state index in [9.17, 15) is 8.42 Å². The van der Waals surface area contributed by atoms with Crippen molar-refractivity contribution in [3.05, 3.63) is 60.4 Å². The van der Waals surface area contributed by atoms with Crippen LogP contribution in [0.5, 0.6) is 5.75 Å². The number of aryl methyl sites for hydroxylation is 1. The van der Waals surface area contributed by atoms with E-state index < -0.39 is 10.0 Å². The third-order valence-electron chi connectivity index (χ3n) is 3.68. The number of methoxy groups -OCH3 is 1. The molecular formula is C18H17NO4S. The van der Waals surface area contributed by atoms with E-state index in [4.69, 9.17) is 9.15 Å². The number of anilines is 1. The standard InChI is InChI=1S/C18H17NO4S/c1-4-13-10-15(11-14-7-8-23-18(13)14)24(20,21)19-16-9-12(2)5-6-17(16)22-3/h4-11,19H,1H2,2-3H3. The number of fused-ring (bicyclic) bond motifs is 1. The molecule has 1 N–H and O–H groups in total. The minimum Gasteiger partial charge on any atom is -0.495 e. The molecule has 0 saturated carbocycles. The molecule has 0 fully saturated rings. The van der Waals surface area contributed by atoms with Crippen LogP contribution in [0, 0.1) is 6.92 Å². The van der Waals surface area contributed by atoms with Crippen molar-refractivity contribution in [2.45, 2.75) is 11.8 Å². The molecule has 24 heavy (non-hydrogen) atoms. The summed E-state index contributed by atoms with van der Waals surface area (Å²) in [4.78, 5) is 0.134. The van der Waals surface area contributed by atoms with Gasteiger partial charge in [-0.1, -0.05) is 18.7 Å². The van der Waals surface area contributed by atoms with Gasteiger partial charge >= 0.3 is 0 Å². The molecule has 0 saturated heterocycles. The van der Waals surface area contributed by atoms with Gasteiger partial charge in [0.25, 0.3) is 10.0 Å². The molecule has 1 heterocycles. The minimum atomic E-state index is -3.78. The predicted molar refractivity (Wildman–Crippen MR) is 94.8 cm³/mol. The van der Waals surface area contributed by atoms with Gasteiger partial charge in [-0.25, -0.2) is 8.42 Å². The quantitative estimate of drug-likeness (QED) is 0.754. The van der Waals surface area contributed by atoms with Gasteiger partial charge < -0.3 is 9.15 Å². The van der Waals surface area contributed by atoms with E-state index in [-0.39, 0.29) is 4.90 Å². The van der Waals surface area contributed by atoms with E-state index in [1.165, 1.54) is 19.4 Å². The molecule has 0 unspecified atom stereocenters. The largest absolute Gasteiger partial charge is 0.495 e. The lowest BCUT2D eigenvalue weighted by atomic mass is 10.1. The van der Waals surface area contributed by atoms with Crippen LogP contribution in [0.3, 0.4) is 0 Å². The lowest BCUT2D eigenvalue weighted by molar-refractivity contribution is 0.417. The first-order valence-corrected chi connectivity index (χ1v) is 8.74. The molecule has 0 bridgehead atoms. The zero-order valence-corrected chi connectivity index (χ0v) is 14.2. The van der Waals surface area contributed by atoms with Crippen molar-refractivity contribution in [2.75, 3.05) is 11.8 Å². The number of ether oxygens (including phenoxy) is 1. The van der Waals surface area contributed by atoms with E-state index in [2.05, 4.69) is 11.3 Å². The summed E-state index contributed by atoms with van der Waals surface area (Å²) < 4.78 is 38.8. The van der Waals surface area contributed by atoms with Crippen molar-refractivity contribution < 1.29 is 17.6 Å². The van der Waals surface area contributed by atoms with Crippen LogP contribution in [0.1, 0.15) is 11.1 Å². The number of nitrogens with one attached hydrogen (secondary N) is 1. The highest BCUT2D eigenvalue weighted by molar-refractivity contribution is 7.92. The smallest absolute Gasteiger partial charge is 0.262 e. The summed E-state index contributed by atoms with van der Waals surface area (Å²) in [5, 5.41) is 0.698. The lowest BCUT2D eigenvalue weighted by Crippen LogP contribution is -2.14. The molecule has 2 aromatic carbocycles. The Bertz CT molecular complexity index is 1020. The highest BCUT2D eigenvalue weighted by Crippen LogP contribution is 2.30. The Kier molecular flexibility index (Phi) is 4.07. The summed E-state index contributed by atoms with van der Waals surface area (Å²) in [6, 6.07) is 10.1. The summed E-state index contributed by atoms with van der Waals surface area (Å²) in [6.07, 6.45) is 3.09. The Hall–Kier alpha value is -2.73. The van der Waals surface area contributed by atoms with E-state index >= 15 is 0 Å². The molecule has 0 amide bonds. The average molecular weight is 343 g/mol. The van der Waals surface area contributed by atoms with E-state index in [1.54, 1.807) is 30.3 Å². The topological polar surface area (TPSA) is 68.5 Å². The molecule has 5 nitrogen and oxygen atoms in total. The highest BCUT2D eigenvalue weighted by Gasteiger charge is 2.19. The van der Waals surface area contributed by atoms with Crippen molar-refractivity contribution >= 4 is 32.8 Å². The maximum atomic E-state index is 12.8. The van der Waals surface area contributed by atoms with E-state index in [0.29, 0.717) is 28.0 Å². The van der Waals surface area contributed by atoms with Gasteiger partial charge in [0.1, 0.15) is 11.3 Å². The number of hydrogen-bond acceptors (Lipinski definition) is 4. The Labute approximate surface area is 140 Å². The number of furan rings is 1. The molecular weight excluding hydrogens is 326 g/mol. The van der Waals surface area contributed by atoms with Gasteiger partial charge in [-0.05, 0) is 42.8 Å². The molecule has 0 aliphatic rings. The normalized spacial score (nSPS) is 11.4. The first-order valence-electron chi connectivity index (χ1n) is 7.26. The fourth-order valence-electron chi connectivity index (χ4n) is 2.49. The second kappa shape index (κ2) is 6.05. The molecule has 124 valence electrons. The molecule has 0 aliphatic carbocycles. The number of hydrogen-bond donors (Lipinski definition) is 1. The summed E-state index contributed by atoms with van der Waals surface area (Å²) in [6.45, 7) is 5.59. The van der Waals surface area contributed by atoms with Crippen molar-refractivity contribution in [3.8, 4) is 5.75 Å².